The van der Waals surface area contributed by atoms with Crippen LogP contribution >= 0.6 is 0 Å². The molecule has 0 saturated heterocycles. The van der Waals surface area contributed by atoms with Gasteiger partial charge < -0.3 is 10.5 Å². The molecule has 202 valence electrons. The van der Waals surface area contributed by atoms with E-state index in [1.807, 2.05) is 30.1 Å². The van der Waals surface area contributed by atoms with Crippen molar-refractivity contribution >= 4 is 28.0 Å². The van der Waals surface area contributed by atoms with E-state index in [4.69, 9.17) is 10.5 Å². The average molecular weight is 535 g/mol. The number of aromatic nitrogens is 2. The molecule has 1 amide bonds. The molecule has 0 aliphatic carbocycles. The maximum atomic E-state index is 13.9. The minimum atomic E-state index is -4.40. The van der Waals surface area contributed by atoms with E-state index in [0.717, 1.165) is 10.9 Å². The van der Waals surface area contributed by atoms with Gasteiger partial charge in [0.2, 0.25) is 5.91 Å². The lowest BCUT2D eigenvalue weighted by molar-refractivity contribution is -0.123. The van der Waals surface area contributed by atoms with Gasteiger partial charge in [0.1, 0.15) is 12.4 Å². The van der Waals surface area contributed by atoms with Crippen LogP contribution in [0.1, 0.15) is 23.1 Å². The van der Waals surface area contributed by atoms with Crippen molar-refractivity contribution in [3.8, 4) is 5.75 Å². The molecule has 0 aliphatic rings. The molecule has 9 heteroatoms. The third-order valence-electron chi connectivity index (χ3n) is 6.11. The van der Waals surface area contributed by atoms with Gasteiger partial charge in [-0.15, -0.1) is 0 Å². The molecule has 0 aliphatic heterocycles. The summed E-state index contributed by atoms with van der Waals surface area (Å²) in [7, 11) is 1.89. The summed E-state index contributed by atoms with van der Waals surface area (Å²) >= 11 is 0. The Morgan fingerprint density at radius 3 is 2.44 bits per heavy atom. The van der Waals surface area contributed by atoms with E-state index in [0.29, 0.717) is 47.7 Å². The van der Waals surface area contributed by atoms with Gasteiger partial charge in [-0.3, -0.25) is 14.8 Å². The summed E-state index contributed by atoms with van der Waals surface area (Å²) in [4.78, 5) is 12.8. The fourth-order valence-corrected chi connectivity index (χ4v) is 4.27. The lowest BCUT2D eigenvalue weighted by Crippen LogP contribution is -2.24. The van der Waals surface area contributed by atoms with Crippen molar-refractivity contribution in [3.05, 3.63) is 108 Å². The number of hydrogen-bond acceptors (Lipinski definition) is 4. The summed E-state index contributed by atoms with van der Waals surface area (Å²) in [6.45, 7) is 1.54. The van der Waals surface area contributed by atoms with Crippen LogP contribution in [0.5, 0.6) is 5.75 Å². The molecular formula is C30H29F3N4O2. The van der Waals surface area contributed by atoms with Crippen LogP contribution in [0.2, 0.25) is 0 Å². The Kier molecular flexibility index (Phi) is 8.83. The number of carbonyl (C=O) groups is 1. The normalized spacial score (nSPS) is 12.7. The van der Waals surface area contributed by atoms with Crippen LogP contribution in [0.25, 0.3) is 22.0 Å². The minimum Gasteiger partial charge on any atom is -0.492 e. The molecule has 0 atom stereocenters. The fourth-order valence-electron chi connectivity index (χ4n) is 4.27. The number of nitrogens with one attached hydrogen (secondary N) is 1. The second-order valence-corrected chi connectivity index (χ2v) is 9.12. The van der Waals surface area contributed by atoms with Gasteiger partial charge in [-0.05, 0) is 65.2 Å². The highest BCUT2D eigenvalue weighted by molar-refractivity contribution is 6.00. The quantitative estimate of drug-likeness (QED) is 0.187. The number of carbonyl (C=O) groups excluding carboxylic acids is 1. The number of ether oxygens (including phenoxy) is 1. The van der Waals surface area contributed by atoms with Crippen molar-refractivity contribution in [3.63, 3.8) is 0 Å². The van der Waals surface area contributed by atoms with Crippen molar-refractivity contribution in [1.82, 2.24) is 15.1 Å². The third-order valence-corrected chi connectivity index (χ3v) is 6.11. The number of likely N-dealkylation sites (N-methyl/N-ethyl adjacent to an activating group) is 1. The predicted octanol–water partition coefficient (Wildman–Crippen LogP) is 5.83. The van der Waals surface area contributed by atoms with Crippen LogP contribution < -0.4 is 10.5 Å². The first-order valence-electron chi connectivity index (χ1n) is 12.4. The van der Waals surface area contributed by atoms with Crippen LogP contribution in [0.15, 0.2) is 91.1 Å². The molecule has 4 rings (SSSR count). The van der Waals surface area contributed by atoms with Gasteiger partial charge in [0.25, 0.3) is 0 Å². The Morgan fingerprint density at radius 2 is 1.74 bits per heavy atom. The van der Waals surface area contributed by atoms with Gasteiger partial charge >= 0.3 is 6.18 Å². The summed E-state index contributed by atoms with van der Waals surface area (Å²) in [5.74, 6) is 0.102. The molecule has 3 N–H and O–H groups in total. The van der Waals surface area contributed by atoms with Gasteiger partial charge in [0.15, 0.2) is 0 Å². The standard InChI is InChI=1S/C30H29F3N4O2/c1-37(15-5-8-28(34)38)16-17-39-25-12-9-22(10-13-25)29(23-11-14-27-24(18-23)20-35-36-27)26(19-30(31,32)33)21-6-3-2-4-7-21/h2-14,18,20H,15-17,19H2,1H3,(H2,34,38)(H,35,36)/b8-5+,29-26+. The zero-order valence-corrected chi connectivity index (χ0v) is 21.4. The van der Waals surface area contributed by atoms with Crippen LogP contribution in [-0.4, -0.2) is 53.9 Å². The number of hydrogen-bond donors (Lipinski definition) is 2. The number of primary amides is 1. The first-order chi connectivity index (χ1) is 18.7. The molecule has 6 nitrogen and oxygen atoms in total. The van der Waals surface area contributed by atoms with Crippen molar-refractivity contribution in [2.45, 2.75) is 12.6 Å². The van der Waals surface area contributed by atoms with Crippen LogP contribution in [0.4, 0.5) is 13.2 Å². The molecule has 3 aromatic carbocycles. The van der Waals surface area contributed by atoms with Crippen molar-refractivity contribution in [2.75, 3.05) is 26.7 Å². The number of fused-ring (bicyclic) bond motifs is 1. The summed E-state index contributed by atoms with van der Waals surface area (Å²) in [5, 5.41) is 7.74. The Labute approximate surface area is 224 Å². The molecule has 0 fully saturated rings. The highest BCUT2D eigenvalue weighted by Crippen LogP contribution is 2.40. The van der Waals surface area contributed by atoms with Gasteiger partial charge in [0.05, 0.1) is 18.1 Å². The summed E-state index contributed by atoms with van der Waals surface area (Å²) in [6, 6.07) is 21.2. The van der Waals surface area contributed by atoms with Gasteiger partial charge in [0, 0.05) is 18.5 Å². The Hall–Kier alpha value is -4.37. The maximum Gasteiger partial charge on any atom is 0.393 e. The number of amides is 1. The Morgan fingerprint density at radius 1 is 1.03 bits per heavy atom. The molecule has 0 unspecified atom stereocenters. The van der Waals surface area contributed by atoms with E-state index in [-0.39, 0.29) is 5.57 Å². The highest BCUT2D eigenvalue weighted by atomic mass is 19.4. The minimum absolute atomic E-state index is 0.185. The van der Waals surface area contributed by atoms with E-state index in [1.165, 1.54) is 6.08 Å². The first-order valence-corrected chi connectivity index (χ1v) is 12.4. The fraction of sp³-hybridized carbons (Fsp3) is 0.200. The Bertz CT molecular complexity index is 1460. The highest BCUT2D eigenvalue weighted by Gasteiger charge is 2.31. The lowest BCUT2D eigenvalue weighted by Gasteiger charge is -2.19. The summed E-state index contributed by atoms with van der Waals surface area (Å²) in [5.41, 5.74) is 8.38. The second kappa shape index (κ2) is 12.4. The molecule has 0 spiro atoms. The van der Waals surface area contributed by atoms with Gasteiger partial charge in [-0.25, -0.2) is 0 Å². The maximum absolute atomic E-state index is 13.9. The van der Waals surface area contributed by atoms with Crippen LogP contribution in [0.3, 0.4) is 0 Å². The SMILES string of the molecule is CN(C/C=C/C(N)=O)CCOc1ccc(/C(=C(/CC(F)(F)F)c2ccccc2)c2ccc3[nH]ncc3c2)cc1. The zero-order chi connectivity index (χ0) is 27.8. The van der Waals surface area contributed by atoms with Crippen molar-refractivity contribution in [2.24, 2.45) is 5.73 Å². The molecule has 0 saturated carbocycles. The van der Waals surface area contributed by atoms with Crippen molar-refractivity contribution in [1.29, 1.82) is 0 Å². The number of H-pyrrole nitrogens is 1. The topological polar surface area (TPSA) is 84.2 Å². The van der Waals surface area contributed by atoms with Crippen LogP contribution in [0, 0.1) is 0 Å². The molecule has 4 aromatic rings. The lowest BCUT2D eigenvalue weighted by atomic mass is 9.87. The number of alkyl halides is 3. The number of nitrogens with zero attached hydrogens (tertiary/aromatic N) is 2. The van der Waals surface area contributed by atoms with E-state index in [2.05, 4.69) is 10.2 Å². The smallest absolute Gasteiger partial charge is 0.393 e. The van der Waals surface area contributed by atoms with Gasteiger partial charge in [-0.2, -0.15) is 18.3 Å². The van der Waals surface area contributed by atoms with Crippen molar-refractivity contribution < 1.29 is 22.7 Å². The summed E-state index contributed by atoms with van der Waals surface area (Å²) in [6.07, 6.45) is -0.840. The number of rotatable bonds is 11. The van der Waals surface area contributed by atoms with E-state index >= 15 is 0 Å². The van der Waals surface area contributed by atoms with E-state index in [9.17, 15) is 18.0 Å². The predicted molar refractivity (Wildman–Crippen MR) is 147 cm³/mol. The monoisotopic (exact) mass is 534 g/mol. The van der Waals surface area contributed by atoms with Gasteiger partial charge in [-0.1, -0.05) is 54.6 Å². The number of nitrogens with two attached hydrogens (primary N) is 1. The molecule has 1 aromatic heterocycles. The number of halogens is 3. The third kappa shape index (κ3) is 7.81. The number of benzene rings is 3. The molecule has 0 radical (unpaired) electrons. The molecule has 0 bridgehead atoms. The zero-order valence-electron chi connectivity index (χ0n) is 21.4. The van der Waals surface area contributed by atoms with E-state index in [1.54, 1.807) is 66.9 Å². The average Bonchev–Trinajstić information content (AvgIpc) is 3.37. The molecular weight excluding hydrogens is 505 g/mol. The summed E-state index contributed by atoms with van der Waals surface area (Å²) < 4.78 is 47.5. The van der Waals surface area contributed by atoms with Crippen LogP contribution in [-0.2, 0) is 4.79 Å². The van der Waals surface area contributed by atoms with E-state index < -0.39 is 18.5 Å². The number of allylic oxidation sites excluding steroid dienone is 1. The Balaban J connectivity index is 1.66. The molecule has 1 heterocycles. The second-order valence-electron chi connectivity index (χ2n) is 9.12. The molecule has 39 heavy (non-hydrogen) atoms. The number of aromatic amines is 1. The first kappa shape index (κ1) is 27.7. The largest absolute Gasteiger partial charge is 0.492 e.